The van der Waals surface area contributed by atoms with Crippen molar-refractivity contribution in [3.63, 3.8) is 0 Å². The number of rotatable bonds is 5. The van der Waals surface area contributed by atoms with E-state index in [1.165, 1.54) is 5.56 Å². The van der Waals surface area contributed by atoms with Crippen LogP contribution in [0.25, 0.3) is 0 Å². The van der Waals surface area contributed by atoms with Crippen molar-refractivity contribution in [3.8, 4) is 6.07 Å². The van der Waals surface area contributed by atoms with Gasteiger partial charge in [-0.3, -0.25) is 0 Å². The molecule has 1 saturated carbocycles. The second kappa shape index (κ2) is 8.74. The summed E-state index contributed by atoms with van der Waals surface area (Å²) in [5, 5.41) is 9.49. The lowest BCUT2D eigenvalue weighted by molar-refractivity contribution is 0.152. The Morgan fingerprint density at radius 2 is 2.09 bits per heavy atom. The molecule has 0 bridgehead atoms. The monoisotopic (exact) mass is 341 g/mol. The van der Waals surface area contributed by atoms with Gasteiger partial charge in [0.15, 0.2) is 0 Å². The summed E-state index contributed by atoms with van der Waals surface area (Å²) in [6, 6.07) is 10.9. The minimum absolute atomic E-state index is 0. The van der Waals surface area contributed by atoms with Crippen molar-refractivity contribution in [2.45, 2.75) is 43.6 Å². The van der Waals surface area contributed by atoms with Gasteiger partial charge in [-0.2, -0.15) is 5.26 Å². The predicted octanol–water partition coefficient (Wildman–Crippen LogP) is 3.75. The Morgan fingerprint density at radius 1 is 1.41 bits per heavy atom. The van der Waals surface area contributed by atoms with Gasteiger partial charge in [0.1, 0.15) is 0 Å². The first-order valence-electron chi connectivity index (χ1n) is 7.64. The largest absolute Gasteiger partial charge is 0.330 e. The number of benzene rings is 1. The van der Waals surface area contributed by atoms with E-state index in [4.69, 9.17) is 22.6 Å². The highest BCUT2D eigenvalue weighted by Crippen LogP contribution is 2.40. The Bertz CT molecular complexity index is 505. The standard InChI is InChI=1S/C17H24ClN3.ClH/c1-21(11-3-10-19)16-6-8-17(13-20,9-7-16)14-4-2-5-15(18)12-14;/h2,4-5,12,16H,3,6-9,11,13,20H2,1H3;1H. The molecule has 0 atom stereocenters. The zero-order chi connectivity index (χ0) is 15.3. The molecule has 1 fully saturated rings. The molecule has 5 heteroatoms. The van der Waals surface area contributed by atoms with Crippen LogP contribution in [0, 0.1) is 11.3 Å². The summed E-state index contributed by atoms with van der Waals surface area (Å²) in [6.45, 7) is 1.52. The molecule has 0 aliphatic heterocycles. The normalized spacial score (nSPS) is 24.6. The molecule has 122 valence electrons. The zero-order valence-electron chi connectivity index (χ0n) is 13.1. The molecule has 0 saturated heterocycles. The molecule has 2 rings (SSSR count). The maximum atomic E-state index is 8.70. The number of nitriles is 1. The van der Waals surface area contributed by atoms with Gasteiger partial charge in [-0.05, 0) is 50.4 Å². The van der Waals surface area contributed by atoms with Crippen molar-refractivity contribution in [2.24, 2.45) is 5.73 Å². The molecule has 1 aliphatic carbocycles. The van der Waals surface area contributed by atoms with Gasteiger partial charge in [-0.15, -0.1) is 12.4 Å². The second-order valence-corrected chi connectivity index (χ2v) is 6.55. The first-order valence-corrected chi connectivity index (χ1v) is 8.02. The number of hydrogen-bond donors (Lipinski definition) is 1. The highest BCUT2D eigenvalue weighted by Gasteiger charge is 2.36. The fraction of sp³-hybridized carbons (Fsp3) is 0.588. The fourth-order valence-electron chi connectivity index (χ4n) is 3.43. The van der Waals surface area contributed by atoms with Gasteiger partial charge in [0.25, 0.3) is 0 Å². The molecule has 0 spiro atoms. The van der Waals surface area contributed by atoms with Crippen LogP contribution in [0.3, 0.4) is 0 Å². The van der Waals surface area contributed by atoms with Gasteiger partial charge in [0.05, 0.1) is 6.07 Å². The summed E-state index contributed by atoms with van der Waals surface area (Å²) < 4.78 is 0. The van der Waals surface area contributed by atoms with E-state index in [0.29, 0.717) is 19.0 Å². The molecular formula is C17H25Cl2N3. The minimum atomic E-state index is 0. The minimum Gasteiger partial charge on any atom is -0.330 e. The lowest BCUT2D eigenvalue weighted by Gasteiger charge is -2.42. The highest BCUT2D eigenvalue weighted by atomic mass is 35.5. The smallest absolute Gasteiger partial charge is 0.0635 e. The first-order chi connectivity index (χ1) is 10.1. The molecule has 3 nitrogen and oxygen atoms in total. The van der Waals surface area contributed by atoms with E-state index < -0.39 is 0 Å². The van der Waals surface area contributed by atoms with E-state index in [9.17, 15) is 0 Å². The van der Waals surface area contributed by atoms with Crippen molar-refractivity contribution >= 4 is 24.0 Å². The Kier molecular flexibility index (Phi) is 7.65. The molecule has 1 aliphatic rings. The Morgan fingerprint density at radius 3 is 2.64 bits per heavy atom. The Labute approximate surface area is 144 Å². The summed E-state index contributed by atoms with van der Waals surface area (Å²) in [7, 11) is 2.12. The van der Waals surface area contributed by atoms with Gasteiger partial charge >= 0.3 is 0 Å². The van der Waals surface area contributed by atoms with Crippen molar-refractivity contribution < 1.29 is 0 Å². The van der Waals surface area contributed by atoms with Crippen LogP contribution < -0.4 is 5.73 Å². The first kappa shape index (κ1) is 19.3. The molecule has 1 aromatic carbocycles. The second-order valence-electron chi connectivity index (χ2n) is 6.11. The molecule has 0 heterocycles. The number of halogens is 2. The van der Waals surface area contributed by atoms with Gasteiger partial charge in [-0.25, -0.2) is 0 Å². The average Bonchev–Trinajstić information content (AvgIpc) is 2.52. The highest BCUT2D eigenvalue weighted by molar-refractivity contribution is 6.30. The fourth-order valence-corrected chi connectivity index (χ4v) is 3.62. The van der Waals surface area contributed by atoms with Crippen molar-refractivity contribution in [1.29, 1.82) is 5.26 Å². The van der Waals surface area contributed by atoms with E-state index >= 15 is 0 Å². The van der Waals surface area contributed by atoms with Crippen LogP contribution in [0.2, 0.25) is 5.02 Å². The predicted molar refractivity (Wildman–Crippen MR) is 94.5 cm³/mol. The summed E-state index contributed by atoms with van der Waals surface area (Å²) >= 11 is 6.14. The van der Waals surface area contributed by atoms with E-state index in [1.807, 2.05) is 12.1 Å². The van der Waals surface area contributed by atoms with Crippen LogP contribution in [0.1, 0.15) is 37.7 Å². The Hall–Kier alpha value is -0.790. The molecule has 2 N–H and O–H groups in total. The summed E-state index contributed by atoms with van der Waals surface area (Å²) in [4.78, 5) is 2.32. The van der Waals surface area contributed by atoms with Gasteiger partial charge in [0.2, 0.25) is 0 Å². The number of nitrogens with zero attached hydrogens (tertiary/aromatic N) is 2. The number of hydrogen-bond acceptors (Lipinski definition) is 3. The lowest BCUT2D eigenvalue weighted by atomic mass is 9.68. The Balaban J connectivity index is 0.00000242. The molecule has 0 radical (unpaired) electrons. The van der Waals surface area contributed by atoms with E-state index in [1.54, 1.807) is 0 Å². The lowest BCUT2D eigenvalue weighted by Crippen LogP contribution is -2.44. The quantitative estimate of drug-likeness (QED) is 0.887. The number of nitrogens with two attached hydrogens (primary N) is 1. The summed E-state index contributed by atoms with van der Waals surface area (Å²) in [5.74, 6) is 0. The molecule has 0 aromatic heterocycles. The third-order valence-electron chi connectivity index (χ3n) is 4.94. The maximum absolute atomic E-state index is 8.70. The van der Waals surface area contributed by atoms with Crippen LogP contribution in [-0.4, -0.2) is 31.1 Å². The van der Waals surface area contributed by atoms with Crippen LogP contribution in [0.15, 0.2) is 24.3 Å². The van der Waals surface area contributed by atoms with Crippen LogP contribution in [0.4, 0.5) is 0 Å². The third-order valence-corrected chi connectivity index (χ3v) is 5.17. The van der Waals surface area contributed by atoms with Gasteiger partial charge in [0, 0.05) is 36.0 Å². The molecule has 0 unspecified atom stereocenters. The van der Waals surface area contributed by atoms with Gasteiger partial charge in [-0.1, -0.05) is 23.7 Å². The van der Waals surface area contributed by atoms with E-state index in [0.717, 1.165) is 37.3 Å². The topological polar surface area (TPSA) is 53.0 Å². The summed E-state index contributed by atoms with van der Waals surface area (Å²) in [6.07, 6.45) is 5.04. The van der Waals surface area contributed by atoms with Crippen molar-refractivity contribution in [3.05, 3.63) is 34.9 Å². The molecule has 22 heavy (non-hydrogen) atoms. The maximum Gasteiger partial charge on any atom is 0.0635 e. The van der Waals surface area contributed by atoms with E-state index in [2.05, 4.69) is 30.1 Å². The van der Waals surface area contributed by atoms with Crippen LogP contribution >= 0.6 is 24.0 Å². The molecule has 0 amide bonds. The third kappa shape index (κ3) is 4.36. The SMILES string of the molecule is CN(CCC#N)C1CCC(CN)(c2cccc(Cl)c2)CC1.Cl. The zero-order valence-corrected chi connectivity index (χ0v) is 14.7. The average molecular weight is 342 g/mol. The van der Waals surface area contributed by atoms with Crippen molar-refractivity contribution in [2.75, 3.05) is 20.1 Å². The van der Waals surface area contributed by atoms with Crippen LogP contribution in [0.5, 0.6) is 0 Å². The van der Waals surface area contributed by atoms with Crippen LogP contribution in [-0.2, 0) is 5.41 Å². The van der Waals surface area contributed by atoms with Crippen molar-refractivity contribution in [1.82, 2.24) is 4.90 Å². The molecular weight excluding hydrogens is 317 g/mol. The van der Waals surface area contributed by atoms with Gasteiger partial charge < -0.3 is 10.6 Å². The molecule has 1 aromatic rings. The summed E-state index contributed by atoms with van der Waals surface area (Å²) in [5.41, 5.74) is 7.46. The van der Waals surface area contributed by atoms with E-state index in [-0.39, 0.29) is 17.8 Å².